The number of amides is 2. The Morgan fingerprint density at radius 1 is 0.895 bits per heavy atom. The molecule has 0 bridgehead atoms. The van der Waals surface area contributed by atoms with E-state index in [1.807, 2.05) is 86.6 Å². The first-order chi connectivity index (χ1) is 18.3. The molecule has 1 N–H and O–H groups in total. The maximum absolute atomic E-state index is 13.9. The highest BCUT2D eigenvalue weighted by molar-refractivity contribution is 9.10. The quantitative estimate of drug-likeness (QED) is 0.271. The van der Waals surface area contributed by atoms with E-state index in [9.17, 15) is 9.59 Å². The van der Waals surface area contributed by atoms with Crippen LogP contribution in [0.25, 0.3) is 0 Å². The van der Waals surface area contributed by atoms with Gasteiger partial charge in [0.05, 0.1) is 14.2 Å². The van der Waals surface area contributed by atoms with Gasteiger partial charge in [-0.15, -0.1) is 0 Å². The minimum Gasteiger partial charge on any atom is -0.493 e. The SMILES string of the molecule is CC[C@H](C)NC(=O)[C@H](Cc1ccccc1)N(Cc1cccc(Br)c1)C(=O)CCc1ccc(OC)c(OC)c1. The summed E-state index contributed by atoms with van der Waals surface area (Å²) < 4.78 is 11.7. The molecule has 0 saturated heterocycles. The van der Waals surface area contributed by atoms with Gasteiger partial charge in [-0.2, -0.15) is 0 Å². The number of halogens is 1. The van der Waals surface area contributed by atoms with E-state index in [0.29, 0.717) is 30.9 Å². The summed E-state index contributed by atoms with van der Waals surface area (Å²) in [4.78, 5) is 29.2. The van der Waals surface area contributed by atoms with Crippen LogP contribution < -0.4 is 14.8 Å². The molecule has 0 spiro atoms. The van der Waals surface area contributed by atoms with Gasteiger partial charge in [0.25, 0.3) is 0 Å². The number of methoxy groups -OCH3 is 2. The van der Waals surface area contributed by atoms with Crippen LogP contribution in [0.2, 0.25) is 0 Å². The lowest BCUT2D eigenvalue weighted by atomic mass is 10.0. The highest BCUT2D eigenvalue weighted by Crippen LogP contribution is 2.28. The molecule has 0 aliphatic carbocycles. The van der Waals surface area contributed by atoms with Gasteiger partial charge in [-0.05, 0) is 60.7 Å². The summed E-state index contributed by atoms with van der Waals surface area (Å²) in [6, 6.07) is 22.7. The van der Waals surface area contributed by atoms with Gasteiger partial charge >= 0.3 is 0 Å². The van der Waals surface area contributed by atoms with Crippen molar-refractivity contribution in [2.45, 2.75) is 58.2 Å². The minimum atomic E-state index is -0.650. The maximum Gasteiger partial charge on any atom is 0.243 e. The summed E-state index contributed by atoms with van der Waals surface area (Å²) >= 11 is 3.53. The van der Waals surface area contributed by atoms with Crippen molar-refractivity contribution < 1.29 is 19.1 Å². The summed E-state index contributed by atoms with van der Waals surface area (Å²) in [5.74, 6) is 1.04. The molecule has 6 nitrogen and oxygen atoms in total. The minimum absolute atomic E-state index is 0.00959. The van der Waals surface area contributed by atoms with Crippen molar-refractivity contribution in [2.24, 2.45) is 0 Å². The predicted octanol–water partition coefficient (Wildman–Crippen LogP) is 5.95. The lowest BCUT2D eigenvalue weighted by molar-refractivity contribution is -0.141. The lowest BCUT2D eigenvalue weighted by Crippen LogP contribution is -2.52. The number of carbonyl (C=O) groups is 2. The molecule has 3 aromatic rings. The van der Waals surface area contributed by atoms with E-state index < -0.39 is 6.04 Å². The van der Waals surface area contributed by atoms with E-state index in [1.165, 1.54) is 0 Å². The van der Waals surface area contributed by atoms with Crippen LogP contribution in [0.15, 0.2) is 77.3 Å². The molecule has 202 valence electrons. The summed E-state index contributed by atoms with van der Waals surface area (Å²) in [5, 5.41) is 3.11. The zero-order chi connectivity index (χ0) is 27.5. The van der Waals surface area contributed by atoms with E-state index in [-0.39, 0.29) is 24.3 Å². The number of aryl methyl sites for hydroxylation is 1. The number of nitrogens with zero attached hydrogens (tertiary/aromatic N) is 1. The standard InChI is InChI=1S/C31H37BrN2O4/c1-5-22(2)33-31(36)27(19-23-10-7-6-8-11-23)34(21-25-12-9-13-26(32)18-25)30(35)17-15-24-14-16-28(37-3)29(20-24)38-4/h6-14,16,18,20,22,27H,5,15,17,19,21H2,1-4H3,(H,33,36)/t22-,27-/m0/s1. The first-order valence-corrected chi connectivity index (χ1v) is 13.7. The average Bonchev–Trinajstić information content (AvgIpc) is 2.93. The first kappa shape index (κ1) is 29.2. The maximum atomic E-state index is 13.9. The zero-order valence-corrected chi connectivity index (χ0v) is 24.2. The molecule has 3 aromatic carbocycles. The van der Waals surface area contributed by atoms with Crippen molar-refractivity contribution >= 4 is 27.7 Å². The Bertz CT molecular complexity index is 1200. The molecule has 0 aliphatic rings. The van der Waals surface area contributed by atoms with Gasteiger partial charge in [-0.3, -0.25) is 9.59 Å². The van der Waals surface area contributed by atoms with Crippen LogP contribution in [-0.2, 0) is 29.0 Å². The fourth-order valence-electron chi connectivity index (χ4n) is 4.26. The van der Waals surface area contributed by atoms with Crippen molar-refractivity contribution in [3.63, 3.8) is 0 Å². The van der Waals surface area contributed by atoms with Gasteiger partial charge in [0, 0.05) is 29.9 Å². The van der Waals surface area contributed by atoms with Crippen LogP contribution in [0, 0.1) is 0 Å². The number of benzene rings is 3. The van der Waals surface area contributed by atoms with Crippen molar-refractivity contribution in [3.8, 4) is 11.5 Å². The highest BCUT2D eigenvalue weighted by atomic mass is 79.9. The van der Waals surface area contributed by atoms with E-state index in [1.54, 1.807) is 19.1 Å². The number of nitrogens with one attached hydrogen (secondary N) is 1. The van der Waals surface area contributed by atoms with Gasteiger partial charge in [-0.25, -0.2) is 0 Å². The normalized spacial score (nSPS) is 12.3. The largest absolute Gasteiger partial charge is 0.493 e. The van der Waals surface area contributed by atoms with Crippen molar-refractivity contribution in [3.05, 3.63) is 94.0 Å². The number of carbonyl (C=O) groups excluding carboxylic acids is 2. The Labute approximate surface area is 234 Å². The summed E-state index contributed by atoms with van der Waals surface area (Å²) in [7, 11) is 3.19. The number of hydrogen-bond donors (Lipinski definition) is 1. The Balaban J connectivity index is 1.91. The molecule has 0 unspecified atom stereocenters. The van der Waals surface area contributed by atoms with Gasteiger partial charge < -0.3 is 19.7 Å². The Morgan fingerprint density at radius 2 is 1.61 bits per heavy atom. The molecule has 2 amide bonds. The molecular weight excluding hydrogens is 544 g/mol. The molecule has 2 atom stereocenters. The van der Waals surface area contributed by atoms with E-state index >= 15 is 0 Å². The second kappa shape index (κ2) is 14.6. The molecule has 3 rings (SSSR count). The molecule has 7 heteroatoms. The van der Waals surface area contributed by atoms with Crippen molar-refractivity contribution in [2.75, 3.05) is 14.2 Å². The second-order valence-corrected chi connectivity index (χ2v) is 10.3. The smallest absolute Gasteiger partial charge is 0.243 e. The third-order valence-corrected chi connectivity index (χ3v) is 7.08. The molecule has 0 fully saturated rings. The Hall–Kier alpha value is -3.32. The summed E-state index contributed by atoms with van der Waals surface area (Å²) in [5.41, 5.74) is 2.92. The van der Waals surface area contributed by atoms with Crippen LogP contribution in [-0.4, -0.2) is 43.0 Å². The fourth-order valence-corrected chi connectivity index (χ4v) is 4.70. The third kappa shape index (κ3) is 8.35. The van der Waals surface area contributed by atoms with Gasteiger partial charge in [0.15, 0.2) is 11.5 Å². The molecular formula is C31H37BrN2O4. The number of ether oxygens (including phenoxy) is 2. The molecule has 38 heavy (non-hydrogen) atoms. The average molecular weight is 582 g/mol. The lowest BCUT2D eigenvalue weighted by Gasteiger charge is -2.32. The van der Waals surface area contributed by atoms with Gasteiger partial charge in [0.2, 0.25) is 11.8 Å². The number of rotatable bonds is 13. The Kier molecular flexibility index (Phi) is 11.2. The summed E-state index contributed by atoms with van der Waals surface area (Å²) in [6.45, 7) is 4.34. The third-order valence-electron chi connectivity index (χ3n) is 6.59. The van der Waals surface area contributed by atoms with Crippen molar-refractivity contribution in [1.82, 2.24) is 10.2 Å². The predicted molar refractivity (Wildman–Crippen MR) is 154 cm³/mol. The van der Waals surface area contributed by atoms with E-state index in [0.717, 1.165) is 27.6 Å². The molecule has 0 aromatic heterocycles. The zero-order valence-electron chi connectivity index (χ0n) is 22.6. The fraction of sp³-hybridized carbons (Fsp3) is 0.355. The highest BCUT2D eigenvalue weighted by Gasteiger charge is 2.30. The van der Waals surface area contributed by atoms with Crippen LogP contribution in [0.3, 0.4) is 0 Å². The monoisotopic (exact) mass is 580 g/mol. The second-order valence-electron chi connectivity index (χ2n) is 9.36. The number of hydrogen-bond acceptors (Lipinski definition) is 4. The van der Waals surface area contributed by atoms with Gasteiger partial charge in [-0.1, -0.05) is 71.4 Å². The van der Waals surface area contributed by atoms with Crippen LogP contribution in [0.4, 0.5) is 0 Å². The molecule has 0 saturated carbocycles. The topological polar surface area (TPSA) is 67.9 Å². The molecule has 0 aliphatic heterocycles. The van der Waals surface area contributed by atoms with Crippen molar-refractivity contribution in [1.29, 1.82) is 0 Å². The first-order valence-electron chi connectivity index (χ1n) is 12.9. The molecule has 0 heterocycles. The Morgan fingerprint density at radius 3 is 2.26 bits per heavy atom. The van der Waals surface area contributed by atoms with Crippen LogP contribution in [0.5, 0.6) is 11.5 Å². The molecule has 0 radical (unpaired) electrons. The van der Waals surface area contributed by atoms with Crippen LogP contribution >= 0.6 is 15.9 Å². The van der Waals surface area contributed by atoms with Crippen LogP contribution in [0.1, 0.15) is 43.4 Å². The van der Waals surface area contributed by atoms with E-state index in [4.69, 9.17) is 9.47 Å². The summed E-state index contributed by atoms with van der Waals surface area (Å²) in [6.07, 6.45) is 2.01. The van der Waals surface area contributed by atoms with Gasteiger partial charge in [0.1, 0.15) is 6.04 Å². The van der Waals surface area contributed by atoms with E-state index in [2.05, 4.69) is 21.2 Å².